The summed E-state index contributed by atoms with van der Waals surface area (Å²) in [4.78, 5) is 4.63. The van der Waals surface area contributed by atoms with E-state index in [4.69, 9.17) is 9.47 Å². The molecular formula is C26H21N3O2S. The van der Waals surface area contributed by atoms with E-state index in [2.05, 4.69) is 16.4 Å². The highest BCUT2D eigenvalue weighted by Gasteiger charge is 2.09. The first-order chi connectivity index (χ1) is 15.7. The van der Waals surface area contributed by atoms with Gasteiger partial charge in [-0.15, -0.1) is 11.3 Å². The minimum atomic E-state index is 0.469. The van der Waals surface area contributed by atoms with Crippen molar-refractivity contribution in [2.75, 3.05) is 11.9 Å². The molecule has 1 heterocycles. The van der Waals surface area contributed by atoms with Crippen molar-refractivity contribution in [2.24, 2.45) is 0 Å². The van der Waals surface area contributed by atoms with Gasteiger partial charge in [0, 0.05) is 22.8 Å². The molecule has 32 heavy (non-hydrogen) atoms. The van der Waals surface area contributed by atoms with E-state index >= 15 is 0 Å². The molecule has 158 valence electrons. The highest BCUT2D eigenvalue weighted by molar-refractivity contribution is 7.11. The van der Waals surface area contributed by atoms with E-state index in [-0.39, 0.29) is 0 Å². The number of rotatable bonds is 8. The number of nitrogens with zero attached hydrogens (tertiary/aromatic N) is 2. The summed E-state index contributed by atoms with van der Waals surface area (Å²) in [7, 11) is 0. The molecule has 0 saturated heterocycles. The highest BCUT2D eigenvalue weighted by Crippen LogP contribution is 2.28. The van der Waals surface area contributed by atoms with Gasteiger partial charge in [-0.2, -0.15) is 5.26 Å². The number of hydrogen-bond donors (Lipinski definition) is 1. The first kappa shape index (κ1) is 21.2. The van der Waals surface area contributed by atoms with Gasteiger partial charge in [-0.05, 0) is 67.6 Å². The summed E-state index contributed by atoms with van der Waals surface area (Å²) in [5.74, 6) is 2.35. The Morgan fingerprint density at radius 2 is 1.66 bits per heavy atom. The largest absolute Gasteiger partial charge is 0.494 e. The molecule has 0 radical (unpaired) electrons. The van der Waals surface area contributed by atoms with E-state index in [1.165, 1.54) is 11.3 Å². The van der Waals surface area contributed by atoms with Crippen LogP contribution in [0.1, 0.15) is 11.9 Å². The number of anilines is 1. The predicted molar refractivity (Wildman–Crippen MR) is 129 cm³/mol. The van der Waals surface area contributed by atoms with Gasteiger partial charge in [0.2, 0.25) is 0 Å². The molecule has 3 aromatic carbocycles. The molecule has 4 aromatic rings. The van der Waals surface area contributed by atoms with E-state index in [0.29, 0.717) is 17.2 Å². The molecule has 0 saturated carbocycles. The van der Waals surface area contributed by atoms with Gasteiger partial charge < -0.3 is 14.8 Å². The number of nitrogens with one attached hydrogen (secondary N) is 1. The van der Waals surface area contributed by atoms with Gasteiger partial charge in [0.05, 0.1) is 12.3 Å². The Morgan fingerprint density at radius 1 is 0.969 bits per heavy atom. The number of allylic oxidation sites excluding steroid dienone is 1. The van der Waals surface area contributed by atoms with Crippen molar-refractivity contribution in [1.29, 1.82) is 5.26 Å². The van der Waals surface area contributed by atoms with Crippen molar-refractivity contribution >= 4 is 22.6 Å². The number of aromatic nitrogens is 1. The molecule has 0 bridgehead atoms. The average Bonchev–Trinajstić information content (AvgIpc) is 3.32. The number of nitriles is 1. The van der Waals surface area contributed by atoms with Crippen LogP contribution in [0.3, 0.4) is 0 Å². The molecule has 0 amide bonds. The molecule has 4 rings (SSSR count). The van der Waals surface area contributed by atoms with Crippen molar-refractivity contribution in [3.8, 4) is 34.6 Å². The Bertz CT molecular complexity index is 1220. The Kier molecular flexibility index (Phi) is 6.81. The molecule has 1 N–H and O–H groups in total. The van der Waals surface area contributed by atoms with Crippen LogP contribution in [0.2, 0.25) is 0 Å². The Morgan fingerprint density at radius 3 is 2.34 bits per heavy atom. The van der Waals surface area contributed by atoms with Crippen LogP contribution in [0.15, 0.2) is 90.4 Å². The summed E-state index contributed by atoms with van der Waals surface area (Å²) in [5.41, 5.74) is 3.13. The zero-order valence-corrected chi connectivity index (χ0v) is 18.3. The van der Waals surface area contributed by atoms with Crippen molar-refractivity contribution in [1.82, 2.24) is 4.98 Å². The lowest BCUT2D eigenvalue weighted by Gasteiger charge is -2.07. The van der Waals surface area contributed by atoms with Crippen LogP contribution >= 0.6 is 11.3 Å². The maximum absolute atomic E-state index is 9.61. The quantitative estimate of drug-likeness (QED) is 0.300. The number of hydrogen-bond acceptors (Lipinski definition) is 6. The monoisotopic (exact) mass is 439 g/mol. The summed E-state index contributed by atoms with van der Waals surface area (Å²) in [6.45, 7) is 2.59. The average molecular weight is 440 g/mol. The van der Waals surface area contributed by atoms with Crippen molar-refractivity contribution in [3.63, 3.8) is 0 Å². The normalized spacial score (nSPS) is 10.9. The zero-order valence-electron chi connectivity index (χ0n) is 17.5. The van der Waals surface area contributed by atoms with E-state index in [9.17, 15) is 5.26 Å². The van der Waals surface area contributed by atoms with Gasteiger partial charge in [-0.1, -0.05) is 18.2 Å². The van der Waals surface area contributed by atoms with Gasteiger partial charge in [-0.3, -0.25) is 0 Å². The van der Waals surface area contributed by atoms with Gasteiger partial charge in [-0.25, -0.2) is 4.98 Å². The molecule has 0 unspecified atom stereocenters. The third-order valence-electron chi connectivity index (χ3n) is 4.53. The topological polar surface area (TPSA) is 67.2 Å². The van der Waals surface area contributed by atoms with E-state index < -0.39 is 0 Å². The fourth-order valence-corrected chi connectivity index (χ4v) is 3.75. The summed E-state index contributed by atoms with van der Waals surface area (Å²) in [5, 5.41) is 15.4. The van der Waals surface area contributed by atoms with Gasteiger partial charge >= 0.3 is 0 Å². The van der Waals surface area contributed by atoms with E-state index in [1.807, 2.05) is 91.2 Å². The third-order valence-corrected chi connectivity index (χ3v) is 5.41. The molecule has 5 nitrogen and oxygen atoms in total. The molecule has 0 atom stereocenters. The number of para-hydroxylation sites is 1. The molecular weight excluding hydrogens is 418 g/mol. The summed E-state index contributed by atoms with van der Waals surface area (Å²) < 4.78 is 11.3. The van der Waals surface area contributed by atoms with Crippen LogP contribution < -0.4 is 14.8 Å². The Balaban J connectivity index is 1.43. The Hall–Kier alpha value is -4.08. The Labute approximate surface area is 191 Å². The lowest BCUT2D eigenvalue weighted by Crippen LogP contribution is -1.92. The van der Waals surface area contributed by atoms with Crippen LogP contribution in [0, 0.1) is 11.3 Å². The number of ether oxygens (including phenoxy) is 2. The van der Waals surface area contributed by atoms with Gasteiger partial charge in [0.25, 0.3) is 0 Å². The second-order valence-electron chi connectivity index (χ2n) is 6.75. The van der Waals surface area contributed by atoms with Crippen molar-refractivity contribution in [3.05, 3.63) is 95.5 Å². The van der Waals surface area contributed by atoms with Crippen LogP contribution in [0.25, 0.3) is 16.8 Å². The van der Waals surface area contributed by atoms with Gasteiger partial charge in [0.15, 0.2) is 0 Å². The van der Waals surface area contributed by atoms with Crippen molar-refractivity contribution < 1.29 is 9.47 Å². The highest BCUT2D eigenvalue weighted by atomic mass is 32.1. The molecule has 0 aliphatic rings. The maximum Gasteiger partial charge on any atom is 0.136 e. The van der Waals surface area contributed by atoms with E-state index in [0.717, 1.165) is 34.2 Å². The van der Waals surface area contributed by atoms with Crippen molar-refractivity contribution in [2.45, 2.75) is 6.92 Å². The van der Waals surface area contributed by atoms with Crippen LogP contribution in [0.5, 0.6) is 17.2 Å². The smallest absolute Gasteiger partial charge is 0.136 e. The molecule has 1 aromatic heterocycles. The third kappa shape index (κ3) is 5.34. The van der Waals surface area contributed by atoms with E-state index in [1.54, 1.807) is 6.20 Å². The number of thiazole rings is 1. The summed E-state index contributed by atoms with van der Waals surface area (Å²) in [6.07, 6.45) is 1.67. The minimum Gasteiger partial charge on any atom is -0.494 e. The second-order valence-corrected chi connectivity index (χ2v) is 7.61. The maximum atomic E-state index is 9.61. The standard InChI is InChI=1S/C26H21N3O2S/c1-2-30-22-12-8-19(9-13-22)25-18-32-26(29-25)20(16-27)17-28-21-10-14-24(15-11-21)31-23-6-4-3-5-7-23/h3-15,17-18,28H,2H2,1H3. The van der Waals surface area contributed by atoms with Gasteiger partial charge in [0.1, 0.15) is 33.9 Å². The first-order valence-electron chi connectivity index (χ1n) is 10.1. The molecule has 0 aliphatic carbocycles. The lowest BCUT2D eigenvalue weighted by molar-refractivity contribution is 0.340. The summed E-state index contributed by atoms with van der Waals surface area (Å²) in [6, 6.07) is 27.2. The fraction of sp³-hybridized carbons (Fsp3) is 0.0769. The lowest BCUT2D eigenvalue weighted by atomic mass is 10.2. The predicted octanol–water partition coefficient (Wildman–Crippen LogP) is 6.98. The fourth-order valence-electron chi connectivity index (χ4n) is 2.96. The minimum absolute atomic E-state index is 0.469. The van der Waals surface area contributed by atoms with Crippen LogP contribution in [0.4, 0.5) is 5.69 Å². The first-order valence-corrected chi connectivity index (χ1v) is 11.0. The molecule has 0 spiro atoms. The zero-order chi connectivity index (χ0) is 22.2. The van der Waals surface area contributed by atoms with Crippen LogP contribution in [-0.4, -0.2) is 11.6 Å². The molecule has 0 fully saturated rings. The second kappa shape index (κ2) is 10.3. The molecule has 0 aliphatic heterocycles. The summed E-state index contributed by atoms with van der Waals surface area (Å²) >= 11 is 1.44. The SMILES string of the molecule is CCOc1ccc(-c2csc(C(C#N)=CNc3ccc(Oc4ccccc4)cc3)n2)cc1. The van der Waals surface area contributed by atoms with Crippen LogP contribution in [-0.2, 0) is 0 Å². The number of benzene rings is 3. The molecule has 6 heteroatoms.